The van der Waals surface area contributed by atoms with Crippen molar-refractivity contribution in [2.24, 2.45) is 0 Å². The first-order valence-corrected chi connectivity index (χ1v) is 10.4. The zero-order chi connectivity index (χ0) is 23.9. The van der Waals surface area contributed by atoms with Crippen LogP contribution >= 0.6 is 11.6 Å². The smallest absolute Gasteiger partial charge is 0.346 e. The Morgan fingerprint density at radius 2 is 1.91 bits per heavy atom. The van der Waals surface area contributed by atoms with Gasteiger partial charge in [-0.15, -0.1) is 0 Å². The Balaban J connectivity index is 1.48. The molecule has 2 N–H and O–H groups in total. The van der Waals surface area contributed by atoms with Crippen molar-refractivity contribution in [3.05, 3.63) is 63.7 Å². The number of benzene rings is 2. The van der Waals surface area contributed by atoms with Gasteiger partial charge in [-0.3, -0.25) is 24.5 Å². The summed E-state index contributed by atoms with van der Waals surface area (Å²) in [5.74, 6) is -6.66. The van der Waals surface area contributed by atoms with Crippen molar-refractivity contribution in [2.75, 3.05) is 0 Å². The standard InChI is InChI=1S/C22H17BClF2N3O4/c23-15-8-11(9-27-21(33)22(25,26)13-1-3-14(24)4-2-13)7-12-10-29(20(32)18(12)15)16-5-6-17(30)28-19(16)31/h1-4,7-8,16H,5-6,9-10H2,(H,27,33)(H,28,30,31). The lowest BCUT2D eigenvalue weighted by Crippen LogP contribution is -2.52. The summed E-state index contributed by atoms with van der Waals surface area (Å²) in [4.78, 5) is 49.9. The molecule has 1 unspecified atom stereocenters. The minimum absolute atomic E-state index is 0.0768. The van der Waals surface area contributed by atoms with E-state index in [2.05, 4.69) is 10.6 Å². The van der Waals surface area contributed by atoms with Crippen molar-refractivity contribution >= 4 is 48.5 Å². The number of alkyl halides is 2. The van der Waals surface area contributed by atoms with Crippen LogP contribution < -0.4 is 16.1 Å². The van der Waals surface area contributed by atoms with Gasteiger partial charge in [-0.25, -0.2) is 0 Å². The summed E-state index contributed by atoms with van der Waals surface area (Å²) in [5, 5.41) is 4.67. The Bertz CT molecular complexity index is 1170. The van der Waals surface area contributed by atoms with Gasteiger partial charge in [-0.1, -0.05) is 41.3 Å². The van der Waals surface area contributed by atoms with Crippen molar-refractivity contribution in [2.45, 2.75) is 37.9 Å². The molecule has 11 heteroatoms. The lowest BCUT2D eigenvalue weighted by Gasteiger charge is -2.29. The fourth-order valence-corrected chi connectivity index (χ4v) is 4.12. The number of amides is 4. The molecule has 4 rings (SSSR count). The third kappa shape index (κ3) is 4.35. The maximum absolute atomic E-state index is 14.5. The molecular weight excluding hydrogens is 455 g/mol. The number of piperidine rings is 1. The Kier molecular flexibility index (Phi) is 5.96. The molecule has 0 saturated carbocycles. The van der Waals surface area contributed by atoms with Crippen molar-refractivity contribution in [3.63, 3.8) is 0 Å². The van der Waals surface area contributed by atoms with Gasteiger partial charge in [0.15, 0.2) is 0 Å². The van der Waals surface area contributed by atoms with E-state index in [1.165, 1.54) is 23.1 Å². The van der Waals surface area contributed by atoms with E-state index in [-0.39, 0.29) is 42.0 Å². The average Bonchev–Trinajstić information content (AvgIpc) is 3.08. The minimum atomic E-state index is -3.77. The summed E-state index contributed by atoms with van der Waals surface area (Å²) in [6.07, 6.45) is 0.318. The Hall–Kier alpha value is -3.27. The summed E-state index contributed by atoms with van der Waals surface area (Å²) >= 11 is 5.71. The van der Waals surface area contributed by atoms with Crippen molar-refractivity contribution < 1.29 is 28.0 Å². The SMILES string of the molecule is [B]c1cc(CNC(=O)C(F)(F)c2ccc(Cl)cc2)cc2c1C(=O)N(C1CCC(=O)NC1=O)C2. The van der Waals surface area contributed by atoms with Crippen LogP contribution in [0.2, 0.25) is 5.02 Å². The summed E-state index contributed by atoms with van der Waals surface area (Å²) in [6, 6.07) is 6.88. The molecule has 0 aromatic heterocycles. The molecule has 1 fully saturated rings. The number of hydrogen-bond donors (Lipinski definition) is 2. The zero-order valence-corrected chi connectivity index (χ0v) is 17.9. The average molecular weight is 472 g/mol. The number of nitrogens with zero attached hydrogens (tertiary/aromatic N) is 1. The predicted octanol–water partition coefficient (Wildman–Crippen LogP) is 1.30. The van der Waals surface area contributed by atoms with Gasteiger partial charge in [0, 0.05) is 35.7 Å². The quantitative estimate of drug-likeness (QED) is 0.508. The zero-order valence-electron chi connectivity index (χ0n) is 17.2. The van der Waals surface area contributed by atoms with Gasteiger partial charge in [0.1, 0.15) is 13.9 Å². The third-order valence-electron chi connectivity index (χ3n) is 5.66. The van der Waals surface area contributed by atoms with Gasteiger partial charge < -0.3 is 10.2 Å². The largest absolute Gasteiger partial charge is 0.349 e. The van der Waals surface area contributed by atoms with E-state index >= 15 is 0 Å². The van der Waals surface area contributed by atoms with Gasteiger partial charge in [-0.05, 0) is 29.7 Å². The van der Waals surface area contributed by atoms with Crippen molar-refractivity contribution in [1.82, 2.24) is 15.5 Å². The van der Waals surface area contributed by atoms with E-state index in [1.54, 1.807) is 6.07 Å². The molecule has 168 valence electrons. The molecule has 0 aliphatic carbocycles. The lowest BCUT2D eigenvalue weighted by atomic mass is 9.86. The fraction of sp³-hybridized carbons (Fsp3) is 0.273. The van der Waals surface area contributed by atoms with E-state index in [0.717, 1.165) is 12.1 Å². The molecule has 2 aliphatic heterocycles. The summed E-state index contributed by atoms with van der Waals surface area (Å²) in [7, 11) is 6.03. The monoisotopic (exact) mass is 471 g/mol. The molecule has 4 amide bonds. The molecule has 2 heterocycles. The van der Waals surface area contributed by atoms with Crippen molar-refractivity contribution in [1.29, 1.82) is 0 Å². The Morgan fingerprint density at radius 1 is 1.21 bits per heavy atom. The van der Waals surface area contributed by atoms with E-state index in [9.17, 15) is 28.0 Å². The van der Waals surface area contributed by atoms with Crippen LogP contribution in [0.4, 0.5) is 8.78 Å². The van der Waals surface area contributed by atoms with Gasteiger partial charge in [0.2, 0.25) is 11.8 Å². The number of hydrogen-bond acceptors (Lipinski definition) is 4. The van der Waals surface area contributed by atoms with Crippen LogP contribution in [0.3, 0.4) is 0 Å². The minimum Gasteiger partial charge on any atom is -0.346 e. The highest BCUT2D eigenvalue weighted by Crippen LogP contribution is 2.30. The number of imide groups is 1. The molecule has 33 heavy (non-hydrogen) atoms. The van der Waals surface area contributed by atoms with Crippen LogP contribution in [0, 0.1) is 0 Å². The Labute approximate surface area is 193 Å². The summed E-state index contributed by atoms with van der Waals surface area (Å²) in [6.45, 7) is -0.167. The molecule has 2 aromatic rings. The fourth-order valence-electron chi connectivity index (χ4n) is 4.00. The molecule has 1 atom stereocenters. The van der Waals surface area contributed by atoms with Gasteiger partial charge in [-0.2, -0.15) is 8.78 Å². The van der Waals surface area contributed by atoms with E-state index in [1.807, 2.05) is 0 Å². The molecule has 7 nitrogen and oxygen atoms in total. The van der Waals surface area contributed by atoms with E-state index < -0.39 is 41.2 Å². The van der Waals surface area contributed by atoms with E-state index in [0.29, 0.717) is 11.1 Å². The Morgan fingerprint density at radius 3 is 2.58 bits per heavy atom. The summed E-state index contributed by atoms with van der Waals surface area (Å²) in [5.41, 5.74) is 0.772. The second-order valence-electron chi connectivity index (χ2n) is 7.88. The molecule has 2 radical (unpaired) electrons. The second kappa shape index (κ2) is 8.59. The molecular formula is C22H17BClF2N3O4. The first kappa shape index (κ1) is 22.9. The van der Waals surface area contributed by atoms with Crippen LogP contribution in [0.1, 0.15) is 39.9 Å². The topological polar surface area (TPSA) is 95.6 Å². The van der Waals surface area contributed by atoms with Crippen molar-refractivity contribution in [3.8, 4) is 0 Å². The van der Waals surface area contributed by atoms with Crippen LogP contribution in [0.5, 0.6) is 0 Å². The first-order chi connectivity index (χ1) is 15.6. The highest BCUT2D eigenvalue weighted by molar-refractivity contribution is 6.37. The van der Waals surface area contributed by atoms with Crippen LogP contribution in [0.25, 0.3) is 0 Å². The second-order valence-corrected chi connectivity index (χ2v) is 8.32. The molecule has 0 bridgehead atoms. The third-order valence-corrected chi connectivity index (χ3v) is 5.91. The normalized spacial score (nSPS) is 18.2. The molecule has 2 aliphatic rings. The van der Waals surface area contributed by atoms with Gasteiger partial charge in [0.05, 0.1) is 0 Å². The number of rotatable bonds is 5. The number of nitrogens with one attached hydrogen (secondary N) is 2. The molecule has 0 spiro atoms. The maximum Gasteiger partial charge on any atom is 0.349 e. The lowest BCUT2D eigenvalue weighted by molar-refractivity contribution is -0.147. The van der Waals surface area contributed by atoms with E-state index in [4.69, 9.17) is 19.4 Å². The molecule has 1 saturated heterocycles. The van der Waals surface area contributed by atoms with Gasteiger partial charge >= 0.3 is 5.92 Å². The predicted molar refractivity (Wildman–Crippen MR) is 115 cm³/mol. The van der Waals surface area contributed by atoms with Gasteiger partial charge in [0.25, 0.3) is 11.8 Å². The molecule has 2 aromatic carbocycles. The van der Waals surface area contributed by atoms with Crippen LogP contribution in [-0.4, -0.2) is 42.4 Å². The highest BCUT2D eigenvalue weighted by atomic mass is 35.5. The van der Waals surface area contributed by atoms with Crippen LogP contribution in [-0.2, 0) is 33.4 Å². The number of halogens is 3. The first-order valence-electron chi connectivity index (χ1n) is 10.1. The number of carbonyl (C=O) groups is 4. The summed E-state index contributed by atoms with van der Waals surface area (Å²) < 4.78 is 28.9. The highest BCUT2D eigenvalue weighted by Gasteiger charge is 2.41. The maximum atomic E-state index is 14.5. The number of fused-ring (bicyclic) bond motifs is 1. The number of carbonyl (C=O) groups excluding carboxylic acids is 4. The van der Waals surface area contributed by atoms with Crippen LogP contribution in [0.15, 0.2) is 36.4 Å².